The second-order valence-corrected chi connectivity index (χ2v) is 15.6. The summed E-state index contributed by atoms with van der Waals surface area (Å²) in [6, 6.07) is 28.7. The minimum absolute atomic E-state index is 0.237. The van der Waals surface area contributed by atoms with Crippen LogP contribution < -0.4 is 9.80 Å². The number of fused-ring (bicyclic) bond motifs is 1. The first-order valence-electron chi connectivity index (χ1n) is 21.5. The van der Waals surface area contributed by atoms with E-state index in [9.17, 15) is 0 Å². The molecule has 0 saturated heterocycles. The maximum atomic E-state index is 4.27. The summed E-state index contributed by atoms with van der Waals surface area (Å²) in [5.74, 6) is 1.23. The zero-order valence-corrected chi connectivity index (χ0v) is 35.0. The van der Waals surface area contributed by atoms with Gasteiger partial charge < -0.3 is 9.80 Å². The van der Waals surface area contributed by atoms with Gasteiger partial charge in [-0.3, -0.25) is 0 Å². The van der Waals surface area contributed by atoms with Crippen LogP contribution in [0.3, 0.4) is 0 Å². The van der Waals surface area contributed by atoms with Gasteiger partial charge in [0.15, 0.2) is 0 Å². The van der Waals surface area contributed by atoms with Gasteiger partial charge in [0, 0.05) is 46.4 Å². The Morgan fingerprint density at radius 1 is 0.733 bits per heavy atom. The lowest BCUT2D eigenvalue weighted by molar-refractivity contribution is 0.562. The van der Waals surface area contributed by atoms with E-state index in [-0.39, 0.29) is 5.92 Å². The Bertz CT molecular complexity index is 2380. The molecule has 4 aliphatic rings. The van der Waals surface area contributed by atoms with Crippen molar-refractivity contribution in [3.63, 3.8) is 0 Å². The van der Waals surface area contributed by atoms with Crippen molar-refractivity contribution in [1.82, 2.24) is 0 Å². The summed E-state index contributed by atoms with van der Waals surface area (Å²) in [4.78, 5) is 4.68. The molecule has 3 aromatic carbocycles. The monoisotopic (exact) mass is 782 g/mol. The Labute approximate surface area is 359 Å². The lowest BCUT2D eigenvalue weighted by Crippen LogP contribution is -2.23. The van der Waals surface area contributed by atoms with E-state index < -0.39 is 0 Å². The van der Waals surface area contributed by atoms with Crippen LogP contribution in [0.15, 0.2) is 255 Å². The number of benzene rings is 3. The summed E-state index contributed by atoms with van der Waals surface area (Å²) in [5.41, 5.74) is 13.8. The van der Waals surface area contributed by atoms with Crippen molar-refractivity contribution in [1.29, 1.82) is 0 Å². The maximum absolute atomic E-state index is 4.27. The third-order valence-corrected chi connectivity index (χ3v) is 11.8. The Morgan fingerprint density at radius 2 is 1.52 bits per heavy atom. The van der Waals surface area contributed by atoms with Gasteiger partial charge in [-0.25, -0.2) is 0 Å². The molecule has 2 heteroatoms. The Morgan fingerprint density at radius 3 is 2.28 bits per heavy atom. The van der Waals surface area contributed by atoms with Crippen molar-refractivity contribution in [2.24, 2.45) is 11.8 Å². The molecule has 3 unspecified atom stereocenters. The van der Waals surface area contributed by atoms with E-state index in [0.717, 1.165) is 54.9 Å². The van der Waals surface area contributed by atoms with E-state index >= 15 is 0 Å². The smallest absolute Gasteiger partial charge is 0.0530 e. The fourth-order valence-corrected chi connectivity index (χ4v) is 8.68. The van der Waals surface area contributed by atoms with Crippen molar-refractivity contribution < 1.29 is 0 Å². The number of hydrogen-bond acceptors (Lipinski definition) is 2. The van der Waals surface area contributed by atoms with Gasteiger partial charge in [0.05, 0.1) is 5.69 Å². The second-order valence-electron chi connectivity index (χ2n) is 15.6. The van der Waals surface area contributed by atoms with Crippen LogP contribution in [0.5, 0.6) is 0 Å². The topological polar surface area (TPSA) is 6.48 Å². The quantitative estimate of drug-likeness (QED) is 0.0994. The summed E-state index contributed by atoms with van der Waals surface area (Å²) in [6.07, 6.45) is 50.3. The number of para-hydroxylation sites is 2. The molecule has 60 heavy (non-hydrogen) atoms. The van der Waals surface area contributed by atoms with Crippen LogP contribution in [0.25, 0.3) is 5.57 Å². The molecule has 0 bridgehead atoms. The molecule has 0 radical (unpaired) electrons. The van der Waals surface area contributed by atoms with E-state index in [4.69, 9.17) is 0 Å². The molecular formula is C58H58N2. The average molecular weight is 783 g/mol. The molecule has 3 atom stereocenters. The van der Waals surface area contributed by atoms with Crippen LogP contribution in [0, 0.1) is 11.8 Å². The lowest BCUT2D eigenvalue weighted by Gasteiger charge is -2.32. The Hall–Kier alpha value is -6.64. The third kappa shape index (κ3) is 9.96. The van der Waals surface area contributed by atoms with Gasteiger partial charge >= 0.3 is 0 Å². The average Bonchev–Trinajstić information content (AvgIpc) is 3.31. The molecule has 7 rings (SSSR count). The van der Waals surface area contributed by atoms with Gasteiger partial charge in [-0.05, 0) is 133 Å². The van der Waals surface area contributed by atoms with E-state index in [1.54, 1.807) is 0 Å². The summed E-state index contributed by atoms with van der Waals surface area (Å²) < 4.78 is 0. The molecule has 2 nitrogen and oxygen atoms in total. The van der Waals surface area contributed by atoms with Crippen molar-refractivity contribution in [3.05, 3.63) is 266 Å². The van der Waals surface area contributed by atoms with Gasteiger partial charge in [-0.2, -0.15) is 0 Å². The minimum Gasteiger partial charge on any atom is -0.317 e. The number of anilines is 3. The number of rotatable bonds is 17. The molecule has 0 saturated carbocycles. The van der Waals surface area contributed by atoms with Gasteiger partial charge in [-0.15, -0.1) is 13.2 Å². The Balaban J connectivity index is 1.22. The van der Waals surface area contributed by atoms with Crippen LogP contribution >= 0.6 is 0 Å². The SMILES string of the molecule is C=C/C=C\C=C\N(c1ccc(C2C=C3C=CC=CC3CC2)cc1)c1ccccc1C1=CC=C(C2=C(N(/C(C=C)=C/C=C/C(C=C)CC=C)c3ccccc3)C=CCC2)CC1. The summed E-state index contributed by atoms with van der Waals surface area (Å²) in [6.45, 7) is 16.1. The molecule has 3 aromatic rings. The van der Waals surface area contributed by atoms with Crippen LogP contribution in [-0.4, -0.2) is 0 Å². The van der Waals surface area contributed by atoms with Crippen LogP contribution in [0.2, 0.25) is 0 Å². The zero-order chi connectivity index (χ0) is 41.5. The molecule has 0 aliphatic heterocycles. The van der Waals surface area contributed by atoms with Crippen molar-refractivity contribution >= 4 is 22.6 Å². The molecule has 0 amide bonds. The predicted octanol–water partition coefficient (Wildman–Crippen LogP) is 15.8. The molecule has 0 spiro atoms. The molecule has 0 fully saturated rings. The van der Waals surface area contributed by atoms with Gasteiger partial charge in [0.25, 0.3) is 0 Å². The van der Waals surface area contributed by atoms with Crippen LogP contribution in [0.1, 0.15) is 62.0 Å². The highest BCUT2D eigenvalue weighted by Gasteiger charge is 2.25. The molecular weight excluding hydrogens is 725 g/mol. The second kappa shape index (κ2) is 20.9. The lowest BCUT2D eigenvalue weighted by atomic mass is 9.78. The Kier molecular flexibility index (Phi) is 14.4. The third-order valence-electron chi connectivity index (χ3n) is 11.8. The molecule has 300 valence electrons. The zero-order valence-electron chi connectivity index (χ0n) is 35.0. The van der Waals surface area contributed by atoms with Crippen molar-refractivity contribution in [2.75, 3.05) is 9.80 Å². The van der Waals surface area contributed by atoms with Gasteiger partial charge in [0.2, 0.25) is 0 Å². The highest BCUT2D eigenvalue weighted by molar-refractivity contribution is 5.83. The number of nitrogens with zero attached hydrogens (tertiary/aromatic N) is 2. The summed E-state index contributed by atoms with van der Waals surface area (Å²) in [5, 5.41) is 0. The fraction of sp³-hybridized carbons (Fsp3) is 0.172. The number of hydrogen-bond donors (Lipinski definition) is 0. The molecule has 0 heterocycles. The van der Waals surface area contributed by atoms with E-state index in [1.165, 1.54) is 52.0 Å². The van der Waals surface area contributed by atoms with Crippen molar-refractivity contribution in [3.8, 4) is 0 Å². The highest BCUT2D eigenvalue weighted by Crippen LogP contribution is 2.42. The first-order valence-corrected chi connectivity index (χ1v) is 21.5. The first kappa shape index (κ1) is 41.5. The minimum atomic E-state index is 0.237. The molecule has 4 aliphatic carbocycles. The normalized spacial score (nSPS) is 19.5. The van der Waals surface area contributed by atoms with Crippen molar-refractivity contribution in [2.45, 2.75) is 50.9 Å². The highest BCUT2D eigenvalue weighted by atomic mass is 15.2. The summed E-state index contributed by atoms with van der Waals surface area (Å²) >= 11 is 0. The standard InChI is InChI=1S/C58H58N2/c1-5-9-10-20-43-59(53-41-39-47(40-42-53)51-38-33-46-24-14-15-25-50(46)44-51)57-31-18-16-29-55(57)48-34-36-49(37-35-48)56-30-17-19-32-58(56)60(54-26-12-11-13-27-54)52(8-4)28-21-23-45(7-3)22-6-2/h5-16,18-21,23-29,31-32,34,36,39-46,51H,1-4,17,22,30,33,35,37-38H2/b10-9-,23-21+,43-20+,52-28+. The van der Waals surface area contributed by atoms with Crippen LogP contribution in [-0.2, 0) is 0 Å². The molecule has 0 N–H and O–H groups in total. The fourth-order valence-electron chi connectivity index (χ4n) is 8.68. The maximum Gasteiger partial charge on any atom is 0.0530 e. The first-order chi connectivity index (χ1) is 29.6. The van der Waals surface area contributed by atoms with E-state index in [0.29, 0.717) is 11.8 Å². The largest absolute Gasteiger partial charge is 0.317 e. The van der Waals surface area contributed by atoms with Crippen LogP contribution in [0.4, 0.5) is 17.1 Å². The van der Waals surface area contributed by atoms with Gasteiger partial charge in [-0.1, -0.05) is 153 Å². The predicted molar refractivity (Wildman–Crippen MR) is 261 cm³/mol. The van der Waals surface area contributed by atoms with Gasteiger partial charge in [0.1, 0.15) is 0 Å². The molecule has 0 aromatic heterocycles. The summed E-state index contributed by atoms with van der Waals surface area (Å²) in [7, 11) is 0. The van der Waals surface area contributed by atoms with E-state index in [2.05, 4.69) is 200 Å². The van der Waals surface area contributed by atoms with E-state index in [1.807, 2.05) is 36.5 Å². The number of allylic oxidation sites excluding steroid dienone is 23.